The third-order valence-corrected chi connectivity index (χ3v) is 3.46. The number of aromatic carboxylic acids is 1. The van der Waals surface area contributed by atoms with Gasteiger partial charge in [0.25, 0.3) is 5.91 Å². The van der Waals surface area contributed by atoms with Gasteiger partial charge in [0, 0.05) is 30.5 Å². The van der Waals surface area contributed by atoms with Crippen molar-refractivity contribution in [1.29, 1.82) is 0 Å². The van der Waals surface area contributed by atoms with Crippen molar-refractivity contribution in [3.63, 3.8) is 0 Å². The maximum absolute atomic E-state index is 12.4. The molecular weight excluding hydrogens is 347 g/mol. The fourth-order valence-electron chi connectivity index (χ4n) is 2.33. The van der Waals surface area contributed by atoms with Crippen molar-refractivity contribution in [2.24, 2.45) is 0 Å². The van der Waals surface area contributed by atoms with E-state index in [0.717, 1.165) is 6.07 Å². The summed E-state index contributed by atoms with van der Waals surface area (Å²) in [5.74, 6) is -3.39. The maximum atomic E-state index is 12.4. The first-order valence-corrected chi connectivity index (χ1v) is 6.80. The number of nitrogens with zero attached hydrogens (tertiary/aromatic N) is 2. The topological polar surface area (TPSA) is 120 Å². The summed E-state index contributed by atoms with van der Waals surface area (Å²) >= 11 is 0. The minimum absolute atomic E-state index is 0. The van der Waals surface area contributed by atoms with E-state index in [0.29, 0.717) is 11.1 Å². The Morgan fingerprint density at radius 1 is 1.38 bits per heavy atom. The first-order valence-electron chi connectivity index (χ1n) is 10.8. The Morgan fingerprint density at radius 3 is 2.96 bits per heavy atom. The van der Waals surface area contributed by atoms with Crippen LogP contribution in [0.1, 0.15) is 38.7 Å². The van der Waals surface area contributed by atoms with Crippen molar-refractivity contribution in [2.45, 2.75) is 6.85 Å². The van der Waals surface area contributed by atoms with E-state index < -0.39 is 43.7 Å². The van der Waals surface area contributed by atoms with Gasteiger partial charge in [-0.3, -0.25) is 9.89 Å². The van der Waals surface area contributed by atoms with Gasteiger partial charge in [0.15, 0.2) is 5.69 Å². The number of amides is 1. The quantitative estimate of drug-likeness (QED) is 0.490. The number of benzene rings is 1. The number of aromatic amines is 1. The molecule has 26 heavy (non-hydrogen) atoms. The second-order valence-electron chi connectivity index (χ2n) is 4.88. The number of nitrogens with one attached hydrogen (secondary N) is 2. The molecule has 0 atom stereocenters. The number of rotatable bonds is 5. The van der Waals surface area contributed by atoms with E-state index in [-0.39, 0.29) is 46.2 Å². The molecule has 0 spiro atoms. The SMILES string of the molecule is [2H]C([2H])([2H])Oc1ncc(-c2ccc3c(C(=O)NC([2H])([2H])C([2H])([2H])[2H])n[nH]c3c2)cc1C(=O)[O-].[Na+]. The van der Waals surface area contributed by atoms with Crippen molar-refractivity contribution in [3.8, 4) is 17.0 Å². The van der Waals surface area contributed by atoms with Crippen molar-refractivity contribution in [2.75, 3.05) is 13.5 Å². The zero-order valence-corrected chi connectivity index (χ0v) is 15.4. The van der Waals surface area contributed by atoms with Gasteiger partial charge in [0.2, 0.25) is 5.88 Å². The Morgan fingerprint density at radius 2 is 2.23 bits per heavy atom. The van der Waals surface area contributed by atoms with Crippen molar-refractivity contribution < 1.29 is 60.0 Å². The average molecular weight is 370 g/mol. The normalized spacial score (nSPS) is 16.3. The Hall–Kier alpha value is -2.42. The first-order chi connectivity index (χ1) is 15.1. The number of aromatic nitrogens is 3. The van der Waals surface area contributed by atoms with Gasteiger partial charge in [0.1, 0.15) is 0 Å². The number of H-pyrrole nitrogens is 1. The molecule has 2 aromatic heterocycles. The number of carbonyl (C=O) groups excluding carboxylic acids is 2. The molecule has 1 amide bonds. The number of carboxylic acid groups (broad SMARTS) is 1. The van der Waals surface area contributed by atoms with Gasteiger partial charge in [-0.05, 0) is 30.6 Å². The Bertz CT molecular complexity index is 1240. The molecule has 0 aliphatic heterocycles. The largest absolute Gasteiger partial charge is 1.00 e. The number of fused-ring (bicyclic) bond motifs is 1. The predicted molar refractivity (Wildman–Crippen MR) is 88.2 cm³/mol. The summed E-state index contributed by atoms with van der Waals surface area (Å²) in [5.41, 5.74) is 0.129. The van der Waals surface area contributed by atoms with Crippen LogP contribution in [-0.2, 0) is 0 Å². The van der Waals surface area contributed by atoms with Crippen LogP contribution in [0.3, 0.4) is 0 Å². The molecule has 0 fully saturated rings. The van der Waals surface area contributed by atoms with Crippen LogP contribution in [0.5, 0.6) is 5.88 Å². The van der Waals surface area contributed by atoms with E-state index in [1.807, 2.05) is 0 Å². The fourth-order valence-corrected chi connectivity index (χ4v) is 2.33. The van der Waals surface area contributed by atoms with Gasteiger partial charge in [-0.25, -0.2) is 4.98 Å². The summed E-state index contributed by atoms with van der Waals surface area (Å²) in [6.07, 6.45) is 1.18. The minimum atomic E-state index is -3.10. The number of carboxylic acids is 1. The Balaban J connectivity index is 0.00000408. The molecule has 0 aliphatic carbocycles. The number of hydrogen-bond donors (Lipinski definition) is 2. The fraction of sp³-hybridized carbons (Fsp3) is 0.176. The molecule has 2 N–H and O–H groups in total. The van der Waals surface area contributed by atoms with E-state index >= 15 is 0 Å². The Labute approximate surface area is 182 Å². The molecule has 0 saturated heterocycles. The predicted octanol–water partition coefficient (Wildman–Crippen LogP) is -2.25. The van der Waals surface area contributed by atoms with Crippen LogP contribution in [-0.4, -0.2) is 40.6 Å². The monoisotopic (exact) mass is 370 g/mol. The maximum Gasteiger partial charge on any atom is 1.00 e. The smallest absolute Gasteiger partial charge is 0.545 e. The minimum Gasteiger partial charge on any atom is -0.545 e. The zero-order valence-electron chi connectivity index (χ0n) is 21.4. The molecule has 3 rings (SSSR count). The molecule has 8 nitrogen and oxygen atoms in total. The summed E-state index contributed by atoms with van der Waals surface area (Å²) in [4.78, 5) is 27.6. The molecule has 0 bridgehead atoms. The van der Waals surface area contributed by atoms with E-state index in [1.165, 1.54) is 24.4 Å². The third-order valence-electron chi connectivity index (χ3n) is 3.46. The number of ether oxygens (including phenoxy) is 1. The summed E-state index contributed by atoms with van der Waals surface area (Å²) in [6, 6.07) is 5.50. The van der Waals surface area contributed by atoms with Crippen LogP contribution in [0.4, 0.5) is 0 Å². The van der Waals surface area contributed by atoms with Gasteiger partial charge in [-0.15, -0.1) is 0 Å². The molecule has 0 saturated carbocycles. The van der Waals surface area contributed by atoms with Crippen LogP contribution in [0, 0.1) is 0 Å². The third kappa shape index (κ3) is 3.72. The van der Waals surface area contributed by atoms with Gasteiger partial charge in [0.05, 0.1) is 28.2 Å². The van der Waals surface area contributed by atoms with Gasteiger partial charge in [-0.2, -0.15) is 5.10 Å². The Kier molecular flexibility index (Phi) is 3.62. The summed E-state index contributed by atoms with van der Waals surface area (Å²) in [5, 5.41) is 19.8. The molecule has 128 valence electrons. The van der Waals surface area contributed by atoms with Crippen LogP contribution in [0.2, 0.25) is 0 Å². The number of methoxy groups -OCH3 is 1. The van der Waals surface area contributed by atoms with E-state index in [9.17, 15) is 14.7 Å². The second-order valence-corrected chi connectivity index (χ2v) is 4.88. The standard InChI is InChI=1S/C17H16N4O4.Na/c1-3-18-15(22)14-11-5-4-9(7-13(11)20-21-14)10-6-12(17(23)24)16(25-2)19-8-10;/h4-8H,3H2,1-2H3,(H,18,22)(H,20,21)(H,23,24);/q;+1/p-1/i1D3,2D3,3D2;. The molecule has 0 radical (unpaired) electrons. The van der Waals surface area contributed by atoms with E-state index in [4.69, 9.17) is 11.0 Å². The molecule has 2 heterocycles. The summed E-state index contributed by atoms with van der Waals surface area (Å²) < 4.78 is 62.4. The summed E-state index contributed by atoms with van der Waals surface area (Å²) in [6.45, 7) is -6.08. The molecule has 0 unspecified atom stereocenters. The molecule has 9 heteroatoms. The van der Waals surface area contributed by atoms with Gasteiger partial charge >= 0.3 is 29.6 Å². The van der Waals surface area contributed by atoms with Crippen LogP contribution in [0.25, 0.3) is 22.0 Å². The molecular formula is C17H15N4NaO4. The second kappa shape index (κ2) is 8.31. The molecule has 3 aromatic rings. The van der Waals surface area contributed by atoms with Crippen molar-refractivity contribution >= 4 is 22.8 Å². The van der Waals surface area contributed by atoms with E-state index in [1.54, 1.807) is 5.32 Å². The average Bonchev–Trinajstić information content (AvgIpc) is 3.09. The van der Waals surface area contributed by atoms with Crippen LogP contribution >= 0.6 is 0 Å². The number of pyridine rings is 1. The van der Waals surface area contributed by atoms with Crippen LogP contribution < -0.4 is 44.7 Å². The first kappa shape index (κ1) is 11.3. The molecule has 1 aromatic carbocycles. The summed E-state index contributed by atoms with van der Waals surface area (Å²) in [7, 11) is -2.92. The molecule has 0 aliphatic rings. The van der Waals surface area contributed by atoms with Crippen molar-refractivity contribution in [3.05, 3.63) is 41.7 Å². The number of hydrogen-bond acceptors (Lipinski definition) is 6. The van der Waals surface area contributed by atoms with Crippen molar-refractivity contribution in [1.82, 2.24) is 20.5 Å². The number of carbonyl (C=O) groups is 2. The van der Waals surface area contributed by atoms with Crippen LogP contribution in [0.15, 0.2) is 30.5 Å². The van der Waals surface area contributed by atoms with Gasteiger partial charge in [-0.1, -0.05) is 6.07 Å². The zero-order chi connectivity index (χ0) is 24.8. The van der Waals surface area contributed by atoms with E-state index in [2.05, 4.69) is 19.9 Å². The van der Waals surface area contributed by atoms with Gasteiger partial charge < -0.3 is 20.0 Å².